The van der Waals surface area contributed by atoms with E-state index in [-0.39, 0.29) is 22.9 Å². The Morgan fingerprint density at radius 1 is 1.18 bits per heavy atom. The van der Waals surface area contributed by atoms with E-state index in [4.69, 9.17) is 4.74 Å². The standard InChI is InChI=1S/C27H37FN2O3/c1-19(8-14-25(31)30(5)27(2,3)4)7-9-20-10-12-21(13-11-20)18-29-26(32)22-15-23(28)17-24(16-22)33-6/h15-17,20-21H,1,8,10-14,18H2,2-6H3,(H,29,32). The lowest BCUT2D eigenvalue weighted by atomic mass is 9.82. The number of nitrogens with one attached hydrogen (secondary N) is 1. The third kappa shape index (κ3) is 8.57. The number of allylic oxidation sites excluding steroid dienone is 1. The summed E-state index contributed by atoms with van der Waals surface area (Å²) in [5.41, 5.74) is 0.870. The highest BCUT2D eigenvalue weighted by Gasteiger charge is 2.22. The maximum atomic E-state index is 13.6. The molecule has 6 heteroatoms. The van der Waals surface area contributed by atoms with Gasteiger partial charge in [-0.2, -0.15) is 0 Å². The molecule has 1 N–H and O–H groups in total. The molecule has 180 valence electrons. The van der Waals surface area contributed by atoms with Crippen LogP contribution in [0.4, 0.5) is 4.39 Å². The minimum Gasteiger partial charge on any atom is -0.497 e. The van der Waals surface area contributed by atoms with Crippen LogP contribution < -0.4 is 10.1 Å². The highest BCUT2D eigenvalue weighted by atomic mass is 19.1. The third-order valence-corrected chi connectivity index (χ3v) is 6.24. The first kappa shape index (κ1) is 26.4. The molecule has 1 saturated carbocycles. The van der Waals surface area contributed by atoms with Crippen LogP contribution in [0.1, 0.15) is 69.7 Å². The molecule has 33 heavy (non-hydrogen) atoms. The highest BCUT2D eigenvalue weighted by Crippen LogP contribution is 2.28. The van der Waals surface area contributed by atoms with Crippen molar-refractivity contribution in [3.8, 4) is 17.6 Å². The van der Waals surface area contributed by atoms with Crippen molar-refractivity contribution in [3.05, 3.63) is 41.7 Å². The summed E-state index contributed by atoms with van der Waals surface area (Å²) in [7, 11) is 3.27. The van der Waals surface area contributed by atoms with Gasteiger partial charge in [0.2, 0.25) is 5.91 Å². The summed E-state index contributed by atoms with van der Waals surface area (Å²) >= 11 is 0. The van der Waals surface area contributed by atoms with E-state index in [1.165, 1.54) is 25.3 Å². The van der Waals surface area contributed by atoms with Gasteiger partial charge < -0.3 is 15.0 Å². The van der Waals surface area contributed by atoms with Crippen molar-refractivity contribution in [1.29, 1.82) is 0 Å². The van der Waals surface area contributed by atoms with Gasteiger partial charge in [0.15, 0.2) is 0 Å². The van der Waals surface area contributed by atoms with Crippen LogP contribution in [0.2, 0.25) is 0 Å². The number of nitrogens with zero attached hydrogens (tertiary/aromatic N) is 1. The molecular weight excluding hydrogens is 419 g/mol. The van der Waals surface area contributed by atoms with Crippen LogP contribution in [0.25, 0.3) is 0 Å². The van der Waals surface area contributed by atoms with E-state index in [2.05, 4.69) is 23.7 Å². The monoisotopic (exact) mass is 456 g/mol. The van der Waals surface area contributed by atoms with E-state index in [9.17, 15) is 14.0 Å². The fraction of sp³-hybridized carbons (Fsp3) is 0.556. The van der Waals surface area contributed by atoms with E-state index in [0.29, 0.717) is 37.0 Å². The van der Waals surface area contributed by atoms with E-state index in [1.54, 1.807) is 4.90 Å². The zero-order chi connectivity index (χ0) is 24.6. The Hall–Kier alpha value is -2.81. The number of rotatable bonds is 7. The molecule has 2 amide bonds. The van der Waals surface area contributed by atoms with Crippen molar-refractivity contribution >= 4 is 11.8 Å². The van der Waals surface area contributed by atoms with E-state index in [1.807, 2.05) is 27.8 Å². The Bertz CT molecular complexity index is 916. The quantitative estimate of drug-likeness (QED) is 0.590. The molecule has 0 heterocycles. The van der Waals surface area contributed by atoms with Gasteiger partial charge in [-0.25, -0.2) is 4.39 Å². The Morgan fingerprint density at radius 2 is 1.85 bits per heavy atom. The number of carbonyl (C=O) groups excluding carboxylic acids is 2. The molecule has 0 spiro atoms. The molecule has 1 aromatic rings. The first-order valence-corrected chi connectivity index (χ1v) is 11.6. The lowest BCUT2D eigenvalue weighted by Crippen LogP contribution is -2.42. The molecule has 1 fully saturated rings. The normalized spacial score (nSPS) is 18.0. The molecule has 0 saturated heterocycles. The second kappa shape index (κ2) is 11.9. The largest absolute Gasteiger partial charge is 0.497 e. The summed E-state index contributed by atoms with van der Waals surface area (Å²) in [6, 6.07) is 3.99. The van der Waals surface area contributed by atoms with E-state index < -0.39 is 5.82 Å². The number of carbonyl (C=O) groups is 2. The Labute approximate surface area is 197 Å². The van der Waals surface area contributed by atoms with Gasteiger partial charge in [0.1, 0.15) is 11.6 Å². The second-order valence-electron chi connectivity index (χ2n) is 9.80. The molecule has 0 bridgehead atoms. The van der Waals surface area contributed by atoms with Crippen molar-refractivity contribution in [2.45, 2.75) is 64.8 Å². The zero-order valence-corrected chi connectivity index (χ0v) is 20.6. The van der Waals surface area contributed by atoms with Gasteiger partial charge in [-0.05, 0) is 76.5 Å². The van der Waals surface area contributed by atoms with Crippen LogP contribution in [-0.4, -0.2) is 43.0 Å². The molecule has 0 atom stereocenters. The average molecular weight is 457 g/mol. The number of ether oxygens (including phenoxy) is 1. The number of halogens is 1. The maximum Gasteiger partial charge on any atom is 0.251 e. The van der Waals surface area contributed by atoms with E-state index >= 15 is 0 Å². The van der Waals surface area contributed by atoms with E-state index in [0.717, 1.165) is 31.3 Å². The van der Waals surface area contributed by atoms with Crippen LogP contribution in [-0.2, 0) is 4.79 Å². The maximum absolute atomic E-state index is 13.6. The summed E-state index contributed by atoms with van der Waals surface area (Å²) in [6.45, 7) is 10.6. The minimum atomic E-state index is -0.495. The van der Waals surface area contributed by atoms with Gasteiger partial charge in [-0.3, -0.25) is 9.59 Å². The predicted molar refractivity (Wildman–Crippen MR) is 129 cm³/mol. The zero-order valence-electron chi connectivity index (χ0n) is 20.6. The Balaban J connectivity index is 1.73. The van der Waals surface area contributed by atoms with Gasteiger partial charge in [0.05, 0.1) is 7.11 Å². The fourth-order valence-corrected chi connectivity index (χ4v) is 3.73. The van der Waals surface area contributed by atoms with Crippen molar-refractivity contribution < 1.29 is 18.7 Å². The number of amides is 2. The smallest absolute Gasteiger partial charge is 0.251 e. The number of benzene rings is 1. The van der Waals surface area contributed by atoms with Crippen molar-refractivity contribution in [3.63, 3.8) is 0 Å². The van der Waals surface area contributed by atoms with Gasteiger partial charge in [-0.15, -0.1) is 0 Å². The third-order valence-electron chi connectivity index (χ3n) is 6.24. The van der Waals surface area contributed by atoms with Crippen molar-refractivity contribution in [2.75, 3.05) is 20.7 Å². The second-order valence-corrected chi connectivity index (χ2v) is 9.80. The summed E-state index contributed by atoms with van der Waals surface area (Å²) in [4.78, 5) is 26.4. The first-order chi connectivity index (χ1) is 15.5. The van der Waals surface area contributed by atoms with Crippen LogP contribution in [0, 0.1) is 29.5 Å². The van der Waals surface area contributed by atoms with Crippen molar-refractivity contribution in [1.82, 2.24) is 10.2 Å². The summed E-state index contributed by atoms with van der Waals surface area (Å²) in [5, 5.41) is 2.91. The molecule has 1 aliphatic carbocycles. The topological polar surface area (TPSA) is 58.6 Å². The first-order valence-electron chi connectivity index (χ1n) is 11.6. The predicted octanol–water partition coefficient (Wildman–Crippen LogP) is 4.97. The van der Waals surface area contributed by atoms with Crippen LogP contribution >= 0.6 is 0 Å². The fourth-order valence-electron chi connectivity index (χ4n) is 3.73. The molecule has 0 unspecified atom stereocenters. The number of hydrogen-bond acceptors (Lipinski definition) is 3. The number of hydrogen-bond donors (Lipinski definition) is 1. The lowest BCUT2D eigenvalue weighted by molar-refractivity contribution is -0.134. The van der Waals surface area contributed by atoms with Crippen molar-refractivity contribution in [2.24, 2.45) is 11.8 Å². The van der Waals surface area contributed by atoms with Crippen LogP contribution in [0.5, 0.6) is 5.75 Å². The SMILES string of the molecule is C=C(C#CC1CCC(CNC(=O)c2cc(F)cc(OC)c2)CC1)CCC(=O)N(C)C(C)(C)C. The minimum absolute atomic E-state index is 0.102. The molecule has 0 radical (unpaired) electrons. The van der Waals surface area contributed by atoms with Gasteiger partial charge in [-0.1, -0.05) is 18.4 Å². The lowest BCUT2D eigenvalue weighted by Gasteiger charge is -2.32. The summed E-state index contributed by atoms with van der Waals surface area (Å²) in [6.07, 6.45) is 4.91. The molecule has 2 rings (SSSR count). The van der Waals surface area contributed by atoms with Crippen LogP contribution in [0.15, 0.2) is 30.4 Å². The molecular formula is C27H37FN2O3. The van der Waals surface area contributed by atoms with Gasteiger partial charge >= 0.3 is 0 Å². The number of methoxy groups -OCH3 is 1. The molecule has 5 nitrogen and oxygen atoms in total. The molecule has 0 aromatic heterocycles. The Morgan fingerprint density at radius 3 is 2.45 bits per heavy atom. The van der Waals surface area contributed by atoms with Gasteiger partial charge in [0, 0.05) is 43.1 Å². The van der Waals surface area contributed by atoms with Crippen LogP contribution in [0.3, 0.4) is 0 Å². The molecule has 0 aliphatic heterocycles. The molecule has 1 aliphatic rings. The summed E-state index contributed by atoms with van der Waals surface area (Å²) in [5.74, 6) is 6.81. The Kier molecular flexibility index (Phi) is 9.52. The summed E-state index contributed by atoms with van der Waals surface area (Å²) < 4.78 is 18.6. The van der Waals surface area contributed by atoms with Gasteiger partial charge in [0.25, 0.3) is 5.91 Å². The molecule has 1 aromatic carbocycles. The average Bonchev–Trinajstić information content (AvgIpc) is 2.78. The highest BCUT2D eigenvalue weighted by molar-refractivity contribution is 5.94.